The minimum absolute atomic E-state index is 0.333. The second-order valence-electron chi connectivity index (χ2n) is 3.86. The first-order chi connectivity index (χ1) is 8.69. The molecule has 0 amide bonds. The van der Waals surface area contributed by atoms with Gasteiger partial charge in [0, 0.05) is 29.5 Å². The number of hydrogen-bond acceptors (Lipinski definition) is 4. The van der Waals surface area contributed by atoms with E-state index in [1.54, 1.807) is 6.07 Å². The van der Waals surface area contributed by atoms with Crippen LogP contribution in [0.15, 0.2) is 18.2 Å². The Hall–Kier alpha value is -1.20. The topological polar surface area (TPSA) is 37.8 Å². The van der Waals surface area contributed by atoms with E-state index < -0.39 is 0 Å². The van der Waals surface area contributed by atoms with Crippen molar-refractivity contribution in [2.45, 2.75) is 19.8 Å². The zero-order chi connectivity index (χ0) is 13.0. The van der Waals surface area contributed by atoms with E-state index in [-0.39, 0.29) is 5.82 Å². The maximum atomic E-state index is 12.9. The number of nitrogens with zero attached hydrogens (tertiary/aromatic N) is 2. The fourth-order valence-electron chi connectivity index (χ4n) is 1.46. The summed E-state index contributed by atoms with van der Waals surface area (Å²) >= 11 is 7.29. The smallest absolute Gasteiger partial charge is 0.202 e. The van der Waals surface area contributed by atoms with Gasteiger partial charge in [-0.1, -0.05) is 24.6 Å². The second kappa shape index (κ2) is 6.11. The monoisotopic (exact) mass is 285 g/mol. The highest BCUT2D eigenvalue weighted by molar-refractivity contribution is 7.09. The van der Waals surface area contributed by atoms with Gasteiger partial charge in [0.05, 0.1) is 0 Å². The van der Waals surface area contributed by atoms with Crippen LogP contribution in [-0.4, -0.2) is 15.9 Å². The van der Waals surface area contributed by atoms with Crippen LogP contribution in [-0.2, 0) is 6.42 Å². The molecule has 0 atom stereocenters. The third-order valence-electron chi connectivity index (χ3n) is 2.36. The summed E-state index contributed by atoms with van der Waals surface area (Å²) < 4.78 is 17.1. The fraction of sp³-hybridized carbons (Fsp3) is 0.333. The third kappa shape index (κ3) is 3.40. The average Bonchev–Trinajstić information content (AvgIpc) is 2.78. The van der Waals surface area contributed by atoms with E-state index in [0.717, 1.165) is 23.7 Å². The van der Waals surface area contributed by atoms with Crippen LogP contribution >= 0.6 is 23.1 Å². The third-order valence-corrected chi connectivity index (χ3v) is 3.42. The number of halogens is 2. The molecule has 1 N–H and O–H groups in total. The zero-order valence-corrected chi connectivity index (χ0v) is 11.5. The van der Waals surface area contributed by atoms with Crippen LogP contribution in [0.5, 0.6) is 0 Å². The Morgan fingerprint density at radius 2 is 2.28 bits per heavy atom. The molecule has 0 aliphatic heterocycles. The first-order valence-corrected chi connectivity index (χ1v) is 6.84. The van der Waals surface area contributed by atoms with Gasteiger partial charge in [0.2, 0.25) is 5.13 Å². The van der Waals surface area contributed by atoms with Gasteiger partial charge in [0.15, 0.2) is 0 Å². The lowest BCUT2D eigenvalue weighted by molar-refractivity contribution is 0.627. The maximum Gasteiger partial charge on any atom is 0.202 e. The second-order valence-corrected chi connectivity index (χ2v) is 5.01. The Kier molecular flexibility index (Phi) is 4.49. The van der Waals surface area contributed by atoms with Crippen molar-refractivity contribution in [2.75, 3.05) is 11.9 Å². The molecule has 1 aromatic heterocycles. The van der Waals surface area contributed by atoms with Gasteiger partial charge in [-0.15, -0.1) is 0 Å². The molecule has 2 rings (SSSR count). The Bertz CT molecular complexity index is 530. The minimum atomic E-state index is -0.333. The van der Waals surface area contributed by atoms with Crippen molar-refractivity contribution in [1.82, 2.24) is 9.36 Å². The van der Waals surface area contributed by atoms with Crippen LogP contribution in [0.25, 0.3) is 0 Å². The molecule has 0 spiro atoms. The number of benzene rings is 1. The van der Waals surface area contributed by atoms with Crippen molar-refractivity contribution in [3.05, 3.63) is 40.4 Å². The van der Waals surface area contributed by atoms with Gasteiger partial charge in [-0.2, -0.15) is 4.37 Å². The summed E-state index contributed by atoms with van der Waals surface area (Å²) in [6.45, 7) is 2.97. The van der Waals surface area contributed by atoms with Crippen molar-refractivity contribution >= 4 is 28.3 Å². The van der Waals surface area contributed by atoms with E-state index in [4.69, 9.17) is 11.6 Å². The zero-order valence-electron chi connectivity index (χ0n) is 9.91. The summed E-state index contributed by atoms with van der Waals surface area (Å²) in [7, 11) is 0. The van der Waals surface area contributed by atoms with Crippen LogP contribution in [0.4, 0.5) is 9.52 Å². The van der Waals surface area contributed by atoms with E-state index in [1.807, 2.05) is 0 Å². The predicted molar refractivity (Wildman–Crippen MR) is 72.9 cm³/mol. The average molecular weight is 286 g/mol. The first kappa shape index (κ1) is 13.2. The van der Waals surface area contributed by atoms with Gasteiger partial charge in [-0.25, -0.2) is 9.37 Å². The minimum Gasteiger partial charge on any atom is -0.360 e. The van der Waals surface area contributed by atoms with Crippen molar-refractivity contribution in [3.8, 4) is 0 Å². The molecule has 0 radical (unpaired) electrons. The molecule has 0 saturated heterocycles. The van der Waals surface area contributed by atoms with Crippen molar-refractivity contribution < 1.29 is 4.39 Å². The molecule has 96 valence electrons. The van der Waals surface area contributed by atoms with E-state index in [2.05, 4.69) is 21.6 Å². The van der Waals surface area contributed by atoms with Gasteiger partial charge in [0.25, 0.3) is 0 Å². The van der Waals surface area contributed by atoms with Crippen molar-refractivity contribution in [1.29, 1.82) is 0 Å². The molecule has 6 heteroatoms. The van der Waals surface area contributed by atoms with E-state index >= 15 is 0 Å². The predicted octanol–water partition coefficient (Wildman–Crippen LogP) is 3.74. The number of aromatic nitrogens is 2. The molecule has 0 fully saturated rings. The molecule has 2 aromatic rings. The molecule has 0 aliphatic rings. The van der Waals surface area contributed by atoms with Crippen LogP contribution < -0.4 is 5.32 Å². The van der Waals surface area contributed by atoms with E-state index in [1.165, 1.54) is 23.7 Å². The summed E-state index contributed by atoms with van der Waals surface area (Å²) in [5, 5.41) is 4.40. The Morgan fingerprint density at radius 3 is 3.00 bits per heavy atom. The standard InChI is InChI=1S/C12H13ClFN3S/c1-2-5-15-12-16-11(17-18-12)6-8-3-4-9(14)7-10(8)13/h3-4,7H,2,5-6H2,1H3,(H,15,16,17). The summed E-state index contributed by atoms with van der Waals surface area (Å²) in [5.41, 5.74) is 0.831. The highest BCUT2D eigenvalue weighted by Gasteiger charge is 2.08. The molecule has 1 aromatic carbocycles. The van der Waals surface area contributed by atoms with E-state index in [0.29, 0.717) is 17.3 Å². The van der Waals surface area contributed by atoms with E-state index in [9.17, 15) is 4.39 Å². The highest BCUT2D eigenvalue weighted by atomic mass is 35.5. The fourth-order valence-corrected chi connectivity index (χ4v) is 2.31. The number of anilines is 1. The van der Waals surface area contributed by atoms with Crippen LogP contribution in [0.3, 0.4) is 0 Å². The van der Waals surface area contributed by atoms with Crippen LogP contribution in [0, 0.1) is 5.82 Å². The van der Waals surface area contributed by atoms with Crippen LogP contribution in [0.2, 0.25) is 5.02 Å². The summed E-state index contributed by atoms with van der Waals surface area (Å²) in [5.74, 6) is 0.368. The van der Waals surface area contributed by atoms with Gasteiger partial charge >= 0.3 is 0 Å². The first-order valence-electron chi connectivity index (χ1n) is 5.69. The van der Waals surface area contributed by atoms with Crippen LogP contribution in [0.1, 0.15) is 24.7 Å². The number of nitrogens with one attached hydrogen (secondary N) is 1. The Balaban J connectivity index is 2.06. The summed E-state index contributed by atoms with van der Waals surface area (Å²) in [6.07, 6.45) is 1.56. The molecule has 0 aliphatic carbocycles. The number of rotatable bonds is 5. The molecular formula is C12H13ClFN3S. The molecule has 3 nitrogen and oxygen atoms in total. The molecular weight excluding hydrogens is 273 g/mol. The lowest BCUT2D eigenvalue weighted by Gasteiger charge is -2.01. The summed E-state index contributed by atoms with van der Waals surface area (Å²) in [4.78, 5) is 4.35. The Labute approximate surface area is 114 Å². The lowest BCUT2D eigenvalue weighted by Crippen LogP contribution is -1.99. The molecule has 18 heavy (non-hydrogen) atoms. The quantitative estimate of drug-likeness (QED) is 0.909. The number of hydrogen-bond donors (Lipinski definition) is 1. The molecule has 0 saturated carbocycles. The Morgan fingerprint density at radius 1 is 1.44 bits per heavy atom. The lowest BCUT2D eigenvalue weighted by atomic mass is 10.1. The van der Waals surface area contributed by atoms with Gasteiger partial charge < -0.3 is 5.32 Å². The SMILES string of the molecule is CCCNc1nc(Cc2ccc(F)cc2Cl)ns1. The molecule has 0 bridgehead atoms. The largest absolute Gasteiger partial charge is 0.360 e. The molecule has 1 heterocycles. The molecule has 0 unspecified atom stereocenters. The summed E-state index contributed by atoms with van der Waals surface area (Å²) in [6, 6.07) is 4.36. The van der Waals surface area contributed by atoms with Gasteiger partial charge in [0.1, 0.15) is 11.6 Å². The van der Waals surface area contributed by atoms with Crippen molar-refractivity contribution in [2.24, 2.45) is 0 Å². The van der Waals surface area contributed by atoms with Crippen molar-refractivity contribution in [3.63, 3.8) is 0 Å². The highest BCUT2D eigenvalue weighted by Crippen LogP contribution is 2.21. The van der Waals surface area contributed by atoms with Gasteiger partial charge in [-0.3, -0.25) is 0 Å². The van der Waals surface area contributed by atoms with Gasteiger partial charge in [-0.05, 0) is 24.1 Å². The maximum absolute atomic E-state index is 12.9. The normalized spacial score (nSPS) is 10.6.